The second kappa shape index (κ2) is 8.41. The van der Waals surface area contributed by atoms with Crippen LogP contribution in [0, 0.1) is 0 Å². The summed E-state index contributed by atoms with van der Waals surface area (Å²) in [7, 11) is -0.829. The van der Waals surface area contributed by atoms with Gasteiger partial charge in [0, 0.05) is 62.8 Å². The summed E-state index contributed by atoms with van der Waals surface area (Å²) < 4.78 is 16.2. The van der Waals surface area contributed by atoms with E-state index in [2.05, 4.69) is 54.2 Å². The van der Waals surface area contributed by atoms with Gasteiger partial charge in [0.1, 0.15) is 0 Å². The molecule has 4 rings (SSSR count). The van der Waals surface area contributed by atoms with Crippen molar-refractivity contribution in [2.24, 2.45) is 9.36 Å². The average molecular weight is 431 g/mol. The number of aromatic nitrogens is 2. The number of anilines is 1. The highest BCUT2D eigenvalue weighted by atomic mass is 32.2. The Hall–Kier alpha value is -1.97. The Balaban J connectivity index is 1.40. The normalized spacial score (nSPS) is 20.0. The Morgan fingerprint density at radius 3 is 2.59 bits per heavy atom. The van der Waals surface area contributed by atoms with Crippen LogP contribution in [0.3, 0.4) is 0 Å². The zero-order valence-corrected chi connectivity index (χ0v) is 18.6. The number of nitrogens with zero attached hydrogens (tertiary/aromatic N) is 6. The Morgan fingerprint density at radius 1 is 1.17 bits per heavy atom. The van der Waals surface area contributed by atoms with Crippen molar-refractivity contribution in [1.82, 2.24) is 14.9 Å². The predicted molar refractivity (Wildman–Crippen MR) is 119 cm³/mol. The Kier molecular flexibility index (Phi) is 5.89. The first kappa shape index (κ1) is 20.3. The van der Waals surface area contributed by atoms with Crippen molar-refractivity contribution >= 4 is 33.0 Å². The van der Waals surface area contributed by atoms with Gasteiger partial charge in [-0.25, -0.2) is 18.5 Å². The highest BCUT2D eigenvalue weighted by Gasteiger charge is 2.24. The lowest BCUT2D eigenvalue weighted by Crippen LogP contribution is -2.47. The molecule has 1 saturated heterocycles. The quantitative estimate of drug-likeness (QED) is 0.742. The average Bonchev–Trinajstić information content (AvgIpc) is 2.78. The molecule has 1 aromatic heterocycles. The van der Waals surface area contributed by atoms with Gasteiger partial charge in [0.15, 0.2) is 0 Å². The Labute approximate surface area is 176 Å². The number of piperazine rings is 1. The molecule has 154 valence electrons. The number of thioether (sulfide) groups is 1. The SMILES string of the molecule is CN=[S@@](C)(=O)c1cnc(N2CCN([C@H](C)c3ccc4c(c3)CN=CS4)CC2)nc1. The standard InChI is InChI=1S/C20H26N6OS2/c1-15(16-4-5-19-17(10-16)11-22-14-28-19)25-6-8-26(9-7-25)20-23-12-18(13-24-20)29(3,27)21-2/h4-5,10,12-15H,6-9,11H2,1-3H3/t15-,29+/m1/s1. The molecular formula is C20H26N6OS2. The van der Waals surface area contributed by atoms with E-state index in [9.17, 15) is 4.21 Å². The predicted octanol–water partition coefficient (Wildman–Crippen LogP) is 3.08. The number of hydrogen-bond donors (Lipinski definition) is 0. The third-order valence-corrected chi connectivity index (χ3v) is 8.32. The highest BCUT2D eigenvalue weighted by molar-refractivity contribution is 8.12. The van der Waals surface area contributed by atoms with Gasteiger partial charge in [0.2, 0.25) is 5.95 Å². The summed E-state index contributed by atoms with van der Waals surface area (Å²) in [5, 5.41) is 0. The number of benzene rings is 1. The second-order valence-electron chi connectivity index (χ2n) is 7.33. The summed E-state index contributed by atoms with van der Waals surface area (Å²) in [6.07, 6.45) is 4.89. The van der Waals surface area contributed by atoms with Gasteiger partial charge in [0.05, 0.1) is 26.7 Å². The van der Waals surface area contributed by atoms with Crippen LogP contribution in [0.15, 0.2) is 49.7 Å². The molecule has 0 saturated carbocycles. The largest absolute Gasteiger partial charge is 0.338 e. The topological polar surface area (TPSA) is 74.1 Å². The molecule has 2 aliphatic rings. The number of hydrogen-bond acceptors (Lipinski definition) is 8. The number of rotatable bonds is 4. The molecule has 0 radical (unpaired) electrons. The lowest BCUT2D eigenvalue weighted by molar-refractivity contribution is 0.197. The van der Waals surface area contributed by atoms with Crippen molar-refractivity contribution in [2.75, 3.05) is 44.4 Å². The molecule has 0 amide bonds. The monoisotopic (exact) mass is 430 g/mol. The molecule has 7 nitrogen and oxygen atoms in total. The van der Waals surface area contributed by atoms with Crippen LogP contribution >= 0.6 is 11.8 Å². The smallest absolute Gasteiger partial charge is 0.225 e. The van der Waals surface area contributed by atoms with E-state index < -0.39 is 9.73 Å². The van der Waals surface area contributed by atoms with E-state index in [-0.39, 0.29) is 0 Å². The van der Waals surface area contributed by atoms with Gasteiger partial charge >= 0.3 is 0 Å². The summed E-state index contributed by atoms with van der Waals surface area (Å²) >= 11 is 1.70. The first-order chi connectivity index (χ1) is 14.0. The summed E-state index contributed by atoms with van der Waals surface area (Å²) in [4.78, 5) is 19.8. The summed E-state index contributed by atoms with van der Waals surface area (Å²) in [5.74, 6) is 0.691. The Morgan fingerprint density at radius 2 is 1.90 bits per heavy atom. The van der Waals surface area contributed by atoms with E-state index in [1.165, 1.54) is 16.0 Å². The fourth-order valence-electron chi connectivity index (χ4n) is 3.62. The van der Waals surface area contributed by atoms with Crippen molar-refractivity contribution in [3.63, 3.8) is 0 Å². The van der Waals surface area contributed by atoms with E-state index in [1.807, 2.05) is 5.55 Å². The molecule has 3 heterocycles. The van der Waals surface area contributed by atoms with Crippen LogP contribution in [0.1, 0.15) is 24.1 Å². The molecule has 2 aliphatic heterocycles. The Bertz CT molecular complexity index is 1020. The van der Waals surface area contributed by atoms with E-state index in [0.717, 1.165) is 32.7 Å². The van der Waals surface area contributed by atoms with Crippen molar-refractivity contribution in [3.8, 4) is 0 Å². The van der Waals surface area contributed by atoms with Gasteiger partial charge in [-0.05, 0) is 24.1 Å². The summed E-state index contributed by atoms with van der Waals surface area (Å²) in [6.45, 7) is 6.69. The third kappa shape index (κ3) is 4.31. The zero-order valence-electron chi connectivity index (χ0n) is 17.0. The fraction of sp³-hybridized carbons (Fsp3) is 0.450. The van der Waals surface area contributed by atoms with Gasteiger partial charge in [-0.1, -0.05) is 23.9 Å². The maximum Gasteiger partial charge on any atom is 0.225 e. The molecular weight excluding hydrogens is 404 g/mol. The molecule has 0 spiro atoms. The molecule has 0 N–H and O–H groups in total. The van der Waals surface area contributed by atoms with Crippen molar-refractivity contribution in [1.29, 1.82) is 0 Å². The minimum absolute atomic E-state index is 0.359. The number of aliphatic imine (C=N–C) groups is 1. The molecule has 1 fully saturated rings. The molecule has 0 unspecified atom stereocenters. The lowest BCUT2D eigenvalue weighted by Gasteiger charge is -2.38. The van der Waals surface area contributed by atoms with E-state index in [1.54, 1.807) is 37.5 Å². The fourth-order valence-corrected chi connectivity index (χ4v) is 5.01. The van der Waals surface area contributed by atoms with E-state index in [4.69, 9.17) is 0 Å². The molecule has 0 bridgehead atoms. The van der Waals surface area contributed by atoms with E-state index in [0.29, 0.717) is 16.9 Å². The zero-order chi connectivity index (χ0) is 20.4. The maximum absolute atomic E-state index is 12.3. The lowest BCUT2D eigenvalue weighted by atomic mass is 10.0. The molecule has 1 aromatic carbocycles. The van der Waals surface area contributed by atoms with Crippen LogP contribution in [-0.2, 0) is 16.3 Å². The molecule has 2 atom stereocenters. The number of fused-ring (bicyclic) bond motifs is 1. The minimum atomic E-state index is -2.39. The van der Waals surface area contributed by atoms with Gasteiger partial charge in [0.25, 0.3) is 0 Å². The van der Waals surface area contributed by atoms with Gasteiger partial charge in [-0.15, -0.1) is 0 Å². The van der Waals surface area contributed by atoms with Crippen LogP contribution in [-0.4, -0.2) is 64.1 Å². The van der Waals surface area contributed by atoms with Gasteiger partial charge < -0.3 is 4.90 Å². The first-order valence-corrected chi connectivity index (χ1v) is 12.5. The molecule has 29 heavy (non-hydrogen) atoms. The third-order valence-electron chi connectivity index (χ3n) is 5.63. The first-order valence-electron chi connectivity index (χ1n) is 9.67. The van der Waals surface area contributed by atoms with Crippen LogP contribution in [0.5, 0.6) is 0 Å². The molecule has 2 aromatic rings. The summed E-state index contributed by atoms with van der Waals surface area (Å²) in [5.41, 5.74) is 4.59. The second-order valence-corrected chi connectivity index (χ2v) is 10.7. The van der Waals surface area contributed by atoms with Crippen molar-refractivity contribution < 1.29 is 4.21 Å². The van der Waals surface area contributed by atoms with Crippen LogP contribution < -0.4 is 4.90 Å². The maximum atomic E-state index is 12.3. The van der Waals surface area contributed by atoms with Crippen LogP contribution in [0.2, 0.25) is 0 Å². The van der Waals surface area contributed by atoms with Gasteiger partial charge in [-0.2, -0.15) is 0 Å². The summed E-state index contributed by atoms with van der Waals surface area (Å²) in [6, 6.07) is 7.12. The molecule has 0 aliphatic carbocycles. The van der Waals surface area contributed by atoms with Crippen molar-refractivity contribution in [2.45, 2.75) is 29.3 Å². The van der Waals surface area contributed by atoms with Crippen LogP contribution in [0.4, 0.5) is 5.95 Å². The van der Waals surface area contributed by atoms with Crippen LogP contribution in [0.25, 0.3) is 0 Å². The molecule has 9 heteroatoms. The minimum Gasteiger partial charge on any atom is -0.338 e. The highest BCUT2D eigenvalue weighted by Crippen LogP contribution is 2.30. The van der Waals surface area contributed by atoms with Crippen molar-refractivity contribution in [3.05, 3.63) is 41.7 Å². The van der Waals surface area contributed by atoms with E-state index >= 15 is 0 Å². The van der Waals surface area contributed by atoms with Gasteiger partial charge in [-0.3, -0.25) is 9.89 Å².